The summed E-state index contributed by atoms with van der Waals surface area (Å²) in [4.78, 5) is 1.18. The van der Waals surface area contributed by atoms with E-state index in [0.717, 1.165) is 30.2 Å². The molecular weight excluding hydrogens is 349 g/mol. The Morgan fingerprint density at radius 1 is 0.923 bits per heavy atom. The topological polar surface area (TPSA) is 35.1 Å². The number of hydrogen-bond donors (Lipinski definition) is 1. The Morgan fingerprint density at radius 2 is 1.69 bits per heavy atom. The molecule has 0 atom stereocenters. The molecule has 136 valence electrons. The molecule has 0 fully saturated rings. The smallest absolute Gasteiger partial charge is 0.161 e. The quantitative estimate of drug-likeness (QED) is 0.613. The maximum Gasteiger partial charge on any atom is 0.161 e. The van der Waals surface area contributed by atoms with Crippen molar-refractivity contribution < 1.29 is 19.2 Å². The first-order chi connectivity index (χ1) is 12.7. The fourth-order valence-electron chi connectivity index (χ4n) is 2.64. The van der Waals surface area contributed by atoms with Crippen LogP contribution >= 0.6 is 11.3 Å². The fraction of sp³-hybridized carbons (Fsp3) is 0.238. The van der Waals surface area contributed by atoms with Gasteiger partial charge in [0.2, 0.25) is 0 Å². The molecule has 0 saturated heterocycles. The number of hydrogen-bond acceptors (Lipinski definition) is 3. The van der Waals surface area contributed by atoms with E-state index in [1.54, 1.807) is 11.3 Å². The molecule has 3 aromatic rings. The van der Waals surface area contributed by atoms with Crippen LogP contribution < -0.4 is 14.8 Å². The second-order valence-corrected chi connectivity index (χ2v) is 6.94. The van der Waals surface area contributed by atoms with E-state index in [4.69, 9.17) is 9.47 Å². The molecule has 5 heteroatoms. The fourth-order valence-corrected chi connectivity index (χ4v) is 3.25. The average Bonchev–Trinajstić information content (AvgIpc) is 3.16. The SMILES string of the molecule is CCOc1cc(C[NH2+]Cc2ccc(F)cc2)ccc1OCc1cccs1. The first-order valence-corrected chi connectivity index (χ1v) is 9.59. The maximum atomic E-state index is 12.9. The van der Waals surface area contributed by atoms with E-state index in [9.17, 15) is 4.39 Å². The van der Waals surface area contributed by atoms with Crippen LogP contribution in [-0.4, -0.2) is 6.61 Å². The van der Waals surface area contributed by atoms with Crippen LogP contribution in [0.2, 0.25) is 0 Å². The van der Waals surface area contributed by atoms with Gasteiger partial charge in [0.15, 0.2) is 11.5 Å². The predicted molar refractivity (Wildman–Crippen MR) is 102 cm³/mol. The third-order valence-electron chi connectivity index (χ3n) is 3.93. The highest BCUT2D eigenvalue weighted by Crippen LogP contribution is 2.29. The van der Waals surface area contributed by atoms with Crippen LogP contribution in [0.25, 0.3) is 0 Å². The zero-order valence-electron chi connectivity index (χ0n) is 14.8. The van der Waals surface area contributed by atoms with Gasteiger partial charge in [-0.2, -0.15) is 0 Å². The molecule has 0 radical (unpaired) electrons. The molecule has 0 aliphatic carbocycles. The number of ether oxygens (including phenoxy) is 2. The number of benzene rings is 2. The second kappa shape index (κ2) is 9.36. The van der Waals surface area contributed by atoms with Crippen molar-refractivity contribution >= 4 is 11.3 Å². The summed E-state index contributed by atoms with van der Waals surface area (Å²) in [6.45, 7) is 4.74. The van der Waals surface area contributed by atoms with Crippen molar-refractivity contribution in [1.29, 1.82) is 0 Å². The lowest BCUT2D eigenvalue weighted by Gasteiger charge is -2.13. The van der Waals surface area contributed by atoms with Crippen molar-refractivity contribution in [1.82, 2.24) is 0 Å². The summed E-state index contributed by atoms with van der Waals surface area (Å²) in [6, 6.07) is 16.8. The highest BCUT2D eigenvalue weighted by atomic mass is 32.1. The van der Waals surface area contributed by atoms with Gasteiger partial charge >= 0.3 is 0 Å². The van der Waals surface area contributed by atoms with E-state index < -0.39 is 0 Å². The number of halogens is 1. The Kier molecular flexibility index (Phi) is 6.63. The number of quaternary nitrogens is 1. The molecule has 0 aliphatic rings. The van der Waals surface area contributed by atoms with Crippen molar-refractivity contribution in [3.8, 4) is 11.5 Å². The molecule has 2 aromatic carbocycles. The van der Waals surface area contributed by atoms with Crippen molar-refractivity contribution in [2.45, 2.75) is 26.6 Å². The Labute approximate surface area is 157 Å². The van der Waals surface area contributed by atoms with E-state index in [1.165, 1.54) is 22.6 Å². The standard InChI is InChI=1S/C21H22FNO2S/c1-2-24-21-12-17(14-23-13-16-5-8-18(22)9-6-16)7-10-20(21)25-15-19-4-3-11-26-19/h3-12,23H,2,13-15H2,1H3/p+1. The molecule has 3 nitrogen and oxygen atoms in total. The Hall–Kier alpha value is -2.37. The lowest BCUT2D eigenvalue weighted by atomic mass is 10.2. The van der Waals surface area contributed by atoms with Crippen LogP contribution in [0.3, 0.4) is 0 Å². The van der Waals surface area contributed by atoms with Gasteiger partial charge < -0.3 is 14.8 Å². The molecule has 0 spiro atoms. The average molecular weight is 372 g/mol. The van der Waals surface area contributed by atoms with Gasteiger partial charge in [-0.3, -0.25) is 0 Å². The van der Waals surface area contributed by atoms with Crippen LogP contribution in [-0.2, 0) is 19.7 Å². The molecule has 1 heterocycles. The first-order valence-electron chi connectivity index (χ1n) is 8.71. The van der Waals surface area contributed by atoms with Crippen LogP contribution in [0.15, 0.2) is 60.0 Å². The normalized spacial score (nSPS) is 10.7. The van der Waals surface area contributed by atoms with Gasteiger partial charge in [0.05, 0.1) is 6.61 Å². The lowest BCUT2D eigenvalue weighted by Crippen LogP contribution is -2.80. The Balaban J connectivity index is 1.58. The minimum absolute atomic E-state index is 0.201. The molecule has 3 rings (SSSR count). The zero-order chi connectivity index (χ0) is 18.2. The van der Waals surface area contributed by atoms with E-state index in [1.807, 2.05) is 42.6 Å². The molecule has 1 aromatic heterocycles. The zero-order valence-corrected chi connectivity index (χ0v) is 15.6. The van der Waals surface area contributed by atoms with Crippen molar-refractivity contribution in [3.05, 3.63) is 81.8 Å². The van der Waals surface area contributed by atoms with Crippen LogP contribution in [0.5, 0.6) is 11.5 Å². The third-order valence-corrected chi connectivity index (χ3v) is 4.78. The molecule has 0 saturated carbocycles. The summed E-state index contributed by atoms with van der Waals surface area (Å²) in [6.07, 6.45) is 0. The summed E-state index contributed by atoms with van der Waals surface area (Å²) >= 11 is 1.68. The second-order valence-electron chi connectivity index (χ2n) is 5.91. The number of rotatable bonds is 9. The monoisotopic (exact) mass is 372 g/mol. The number of thiophene rings is 1. The molecule has 2 N–H and O–H groups in total. The molecular formula is C21H23FNO2S+. The van der Waals surface area contributed by atoms with Crippen molar-refractivity contribution in [2.75, 3.05) is 6.61 Å². The van der Waals surface area contributed by atoms with Crippen molar-refractivity contribution in [3.63, 3.8) is 0 Å². The maximum absolute atomic E-state index is 12.9. The van der Waals surface area contributed by atoms with Gasteiger partial charge in [0, 0.05) is 16.0 Å². The van der Waals surface area contributed by atoms with E-state index >= 15 is 0 Å². The van der Waals surface area contributed by atoms with Gasteiger partial charge in [-0.1, -0.05) is 18.2 Å². The van der Waals surface area contributed by atoms with E-state index in [2.05, 4.69) is 17.4 Å². The summed E-state index contributed by atoms with van der Waals surface area (Å²) in [5.41, 5.74) is 2.27. The highest BCUT2D eigenvalue weighted by Gasteiger charge is 2.08. The largest absolute Gasteiger partial charge is 0.490 e. The first kappa shape index (κ1) is 18.4. The summed E-state index contributed by atoms with van der Waals surface area (Å²) in [5, 5.41) is 4.23. The molecule has 0 amide bonds. The summed E-state index contributed by atoms with van der Waals surface area (Å²) in [5.74, 6) is 1.34. The van der Waals surface area contributed by atoms with Crippen molar-refractivity contribution in [2.24, 2.45) is 0 Å². The minimum Gasteiger partial charge on any atom is -0.490 e. The van der Waals surface area contributed by atoms with E-state index in [0.29, 0.717) is 13.2 Å². The van der Waals surface area contributed by atoms with Crippen LogP contribution in [0.4, 0.5) is 4.39 Å². The van der Waals surface area contributed by atoms with Gasteiger partial charge in [0.1, 0.15) is 25.5 Å². The summed E-state index contributed by atoms with van der Waals surface area (Å²) in [7, 11) is 0. The minimum atomic E-state index is -0.201. The van der Waals surface area contributed by atoms with Gasteiger partial charge in [0.25, 0.3) is 0 Å². The van der Waals surface area contributed by atoms with Gasteiger partial charge in [-0.05, 0) is 48.7 Å². The summed E-state index contributed by atoms with van der Waals surface area (Å²) < 4.78 is 24.6. The molecule has 0 aliphatic heterocycles. The van der Waals surface area contributed by atoms with Gasteiger partial charge in [-0.25, -0.2) is 4.39 Å². The third kappa shape index (κ3) is 5.31. The molecule has 0 bridgehead atoms. The molecule has 0 unspecified atom stereocenters. The predicted octanol–water partition coefficient (Wildman–Crippen LogP) is 4.13. The van der Waals surface area contributed by atoms with Crippen LogP contribution in [0, 0.1) is 5.82 Å². The lowest BCUT2D eigenvalue weighted by molar-refractivity contribution is -0.686. The van der Waals surface area contributed by atoms with Crippen LogP contribution in [0.1, 0.15) is 22.9 Å². The molecule has 26 heavy (non-hydrogen) atoms. The van der Waals surface area contributed by atoms with Gasteiger partial charge in [-0.15, -0.1) is 11.3 Å². The number of nitrogens with two attached hydrogens (primary N) is 1. The Morgan fingerprint density at radius 3 is 2.42 bits per heavy atom. The Bertz CT molecular complexity index is 803. The van der Waals surface area contributed by atoms with E-state index in [-0.39, 0.29) is 5.82 Å². The highest BCUT2D eigenvalue weighted by molar-refractivity contribution is 7.09.